The number of carbonyl (C=O) groups excluding carboxylic acids is 1. The van der Waals surface area contributed by atoms with Gasteiger partial charge in [-0.2, -0.15) is 0 Å². The number of benzene rings is 2. The molecule has 2 heterocycles. The number of likely N-dealkylation sites (tertiary alicyclic amines) is 1. The minimum Gasteiger partial charge on any atom is -0.494 e. The number of aryl methyl sites for hydroxylation is 1. The lowest BCUT2D eigenvalue weighted by Gasteiger charge is -2.16. The molecule has 0 saturated carbocycles. The van der Waals surface area contributed by atoms with Crippen LogP contribution in [0.3, 0.4) is 0 Å². The van der Waals surface area contributed by atoms with Crippen molar-refractivity contribution in [1.82, 2.24) is 14.5 Å². The van der Waals surface area contributed by atoms with E-state index in [9.17, 15) is 4.79 Å². The summed E-state index contributed by atoms with van der Waals surface area (Å²) in [5.74, 6) is 2.78. The van der Waals surface area contributed by atoms with Crippen LogP contribution in [0.1, 0.15) is 56.3 Å². The van der Waals surface area contributed by atoms with Crippen molar-refractivity contribution in [3.8, 4) is 5.75 Å². The quantitative estimate of drug-likeness (QED) is 0.314. The van der Waals surface area contributed by atoms with E-state index in [0.717, 1.165) is 42.0 Å². The van der Waals surface area contributed by atoms with Crippen molar-refractivity contribution in [2.24, 2.45) is 0 Å². The van der Waals surface area contributed by atoms with Crippen LogP contribution in [0.25, 0.3) is 11.0 Å². The Balaban J connectivity index is 1.43. The van der Waals surface area contributed by atoms with Crippen LogP contribution >= 0.6 is 0 Å². The van der Waals surface area contributed by atoms with Crippen molar-refractivity contribution in [3.63, 3.8) is 0 Å². The molecule has 2 atom stereocenters. The van der Waals surface area contributed by atoms with Gasteiger partial charge in [-0.1, -0.05) is 44.2 Å². The molecule has 1 saturated heterocycles. The summed E-state index contributed by atoms with van der Waals surface area (Å²) in [6.07, 6.45) is 4.31. The molecule has 2 aromatic carbocycles. The summed E-state index contributed by atoms with van der Waals surface area (Å²) >= 11 is 0. The molecule has 5 heteroatoms. The third-order valence-corrected chi connectivity index (χ3v) is 6.47. The van der Waals surface area contributed by atoms with Crippen molar-refractivity contribution in [3.05, 3.63) is 72.6 Å². The summed E-state index contributed by atoms with van der Waals surface area (Å²) in [6.45, 7) is 11.0. The summed E-state index contributed by atoms with van der Waals surface area (Å²) < 4.78 is 8.29. The molecule has 1 aliphatic heterocycles. The van der Waals surface area contributed by atoms with Crippen LogP contribution < -0.4 is 4.74 Å². The second-order valence-electron chi connectivity index (χ2n) is 8.68. The van der Waals surface area contributed by atoms with Gasteiger partial charge in [0.15, 0.2) is 0 Å². The monoisotopic (exact) mass is 431 g/mol. The van der Waals surface area contributed by atoms with E-state index in [4.69, 9.17) is 9.72 Å². The Morgan fingerprint density at radius 2 is 2.00 bits per heavy atom. The first-order chi connectivity index (χ1) is 15.6. The maximum absolute atomic E-state index is 12.4. The maximum atomic E-state index is 12.4. The highest BCUT2D eigenvalue weighted by Gasteiger charge is 2.33. The van der Waals surface area contributed by atoms with Gasteiger partial charge in [0, 0.05) is 32.0 Å². The van der Waals surface area contributed by atoms with Crippen molar-refractivity contribution >= 4 is 16.9 Å². The van der Waals surface area contributed by atoms with Gasteiger partial charge in [0.05, 0.1) is 17.6 Å². The molecule has 1 aliphatic rings. The van der Waals surface area contributed by atoms with Gasteiger partial charge >= 0.3 is 0 Å². The number of para-hydroxylation sites is 2. The highest BCUT2D eigenvalue weighted by atomic mass is 16.5. The number of carbonyl (C=O) groups is 1. The van der Waals surface area contributed by atoms with Crippen LogP contribution in [0.15, 0.2) is 61.2 Å². The third kappa shape index (κ3) is 4.72. The smallest absolute Gasteiger partial charge is 0.223 e. The maximum Gasteiger partial charge on any atom is 0.223 e. The standard InChI is InChI=1S/C27H33N3O2/c1-4-15-29-19-22(18-26(29)31)27-28-24-9-6-7-10-25(24)30(27)16-8-17-32-23-13-11-21(12-14-23)20(3)5-2/h4,6-7,9-14,20,22H,1,5,8,15-19H2,2-3H3/t20-,22+/m1/s1. The second-order valence-corrected chi connectivity index (χ2v) is 8.68. The Labute approximate surface area is 190 Å². The van der Waals surface area contributed by atoms with Crippen LogP contribution in [0.5, 0.6) is 5.75 Å². The fraction of sp³-hybridized carbons (Fsp3) is 0.407. The number of rotatable bonds is 10. The van der Waals surface area contributed by atoms with E-state index in [2.05, 4.69) is 55.3 Å². The fourth-order valence-corrected chi connectivity index (χ4v) is 4.46. The first-order valence-corrected chi connectivity index (χ1v) is 11.7. The number of hydrogen-bond acceptors (Lipinski definition) is 3. The molecule has 0 unspecified atom stereocenters. The van der Waals surface area contributed by atoms with Crippen LogP contribution in [-0.2, 0) is 11.3 Å². The molecule has 0 N–H and O–H groups in total. The number of ether oxygens (including phenoxy) is 1. The van der Waals surface area contributed by atoms with Crippen LogP contribution in [0.2, 0.25) is 0 Å². The van der Waals surface area contributed by atoms with E-state index in [1.54, 1.807) is 6.08 Å². The minimum atomic E-state index is 0.115. The van der Waals surface area contributed by atoms with Gasteiger partial charge < -0.3 is 14.2 Å². The Hall–Kier alpha value is -3.08. The van der Waals surface area contributed by atoms with Gasteiger partial charge in [-0.05, 0) is 48.6 Å². The number of hydrogen-bond donors (Lipinski definition) is 0. The topological polar surface area (TPSA) is 47.4 Å². The molecule has 1 aromatic heterocycles. The van der Waals surface area contributed by atoms with Crippen LogP contribution in [0, 0.1) is 0 Å². The lowest BCUT2D eigenvalue weighted by atomic mass is 9.99. The second kappa shape index (κ2) is 10.0. The molecule has 4 rings (SSSR count). The summed E-state index contributed by atoms with van der Waals surface area (Å²) in [6, 6.07) is 16.7. The average molecular weight is 432 g/mol. The van der Waals surface area contributed by atoms with Gasteiger partial charge in [-0.15, -0.1) is 6.58 Å². The minimum absolute atomic E-state index is 0.115. The predicted molar refractivity (Wildman–Crippen MR) is 129 cm³/mol. The lowest BCUT2D eigenvalue weighted by Crippen LogP contribution is -2.25. The molecule has 168 valence electrons. The average Bonchev–Trinajstić information content (AvgIpc) is 3.37. The van der Waals surface area contributed by atoms with Crippen molar-refractivity contribution in [2.45, 2.75) is 51.5 Å². The molecule has 3 aromatic rings. The molecule has 0 radical (unpaired) electrons. The molecule has 5 nitrogen and oxygen atoms in total. The SMILES string of the molecule is C=CCN1C[C@@H](c2nc3ccccc3n2CCCOc2ccc([C@H](C)CC)cc2)CC1=O. The molecule has 1 fully saturated rings. The fourth-order valence-electron chi connectivity index (χ4n) is 4.46. The normalized spacial score (nSPS) is 17.1. The summed E-state index contributed by atoms with van der Waals surface area (Å²) in [5.41, 5.74) is 3.46. The summed E-state index contributed by atoms with van der Waals surface area (Å²) in [4.78, 5) is 19.2. The van der Waals surface area contributed by atoms with E-state index in [1.165, 1.54) is 5.56 Å². The lowest BCUT2D eigenvalue weighted by molar-refractivity contribution is -0.127. The van der Waals surface area contributed by atoms with E-state index < -0.39 is 0 Å². The largest absolute Gasteiger partial charge is 0.494 e. The Morgan fingerprint density at radius 3 is 2.75 bits per heavy atom. The first kappa shape index (κ1) is 22.1. The van der Waals surface area contributed by atoms with E-state index in [-0.39, 0.29) is 11.8 Å². The van der Waals surface area contributed by atoms with E-state index >= 15 is 0 Å². The third-order valence-electron chi connectivity index (χ3n) is 6.47. The number of fused-ring (bicyclic) bond motifs is 1. The Bertz CT molecular complexity index is 1070. The van der Waals surface area contributed by atoms with Gasteiger partial charge in [0.2, 0.25) is 5.91 Å². The molecule has 32 heavy (non-hydrogen) atoms. The number of nitrogens with zero attached hydrogens (tertiary/aromatic N) is 3. The zero-order valence-electron chi connectivity index (χ0n) is 19.2. The predicted octanol–water partition coefficient (Wildman–Crippen LogP) is 5.52. The number of aromatic nitrogens is 2. The molecule has 0 spiro atoms. The van der Waals surface area contributed by atoms with Crippen molar-refractivity contribution in [2.75, 3.05) is 19.7 Å². The number of imidazole rings is 1. The molecule has 0 aliphatic carbocycles. The zero-order chi connectivity index (χ0) is 22.5. The molecular weight excluding hydrogens is 398 g/mol. The van der Waals surface area contributed by atoms with Crippen molar-refractivity contribution in [1.29, 1.82) is 0 Å². The van der Waals surface area contributed by atoms with Gasteiger partial charge in [-0.25, -0.2) is 4.98 Å². The number of amides is 1. The van der Waals surface area contributed by atoms with Crippen LogP contribution in [0.4, 0.5) is 0 Å². The first-order valence-electron chi connectivity index (χ1n) is 11.7. The van der Waals surface area contributed by atoms with E-state index in [1.807, 2.05) is 23.1 Å². The highest BCUT2D eigenvalue weighted by molar-refractivity contribution is 5.81. The van der Waals surface area contributed by atoms with Gasteiger partial charge in [0.25, 0.3) is 0 Å². The molecule has 0 bridgehead atoms. The van der Waals surface area contributed by atoms with Crippen molar-refractivity contribution < 1.29 is 9.53 Å². The molecule has 1 amide bonds. The van der Waals surface area contributed by atoms with Crippen LogP contribution in [-0.4, -0.2) is 40.1 Å². The van der Waals surface area contributed by atoms with E-state index in [0.29, 0.717) is 32.0 Å². The Morgan fingerprint density at radius 1 is 1.22 bits per heavy atom. The Kier molecular flexibility index (Phi) is 6.93. The summed E-state index contributed by atoms with van der Waals surface area (Å²) in [7, 11) is 0. The zero-order valence-corrected chi connectivity index (χ0v) is 19.2. The van der Waals surface area contributed by atoms with Gasteiger partial charge in [0.1, 0.15) is 11.6 Å². The summed E-state index contributed by atoms with van der Waals surface area (Å²) in [5, 5.41) is 0. The highest BCUT2D eigenvalue weighted by Crippen LogP contribution is 2.30. The molecular formula is C27H33N3O2. The van der Waals surface area contributed by atoms with Gasteiger partial charge in [-0.3, -0.25) is 4.79 Å².